The highest BCUT2D eigenvalue weighted by atomic mass is 35.5. The second kappa shape index (κ2) is 5.77. The van der Waals surface area contributed by atoms with E-state index in [0.717, 1.165) is 43.0 Å². The van der Waals surface area contributed by atoms with E-state index in [1.54, 1.807) is 0 Å². The van der Waals surface area contributed by atoms with E-state index in [9.17, 15) is 0 Å². The smallest absolute Gasteiger partial charge is 0.151 e. The van der Waals surface area contributed by atoms with E-state index in [1.165, 1.54) is 0 Å². The molecule has 1 aliphatic rings. The van der Waals surface area contributed by atoms with E-state index >= 15 is 0 Å². The van der Waals surface area contributed by atoms with Gasteiger partial charge in [0, 0.05) is 29.7 Å². The quantitative estimate of drug-likeness (QED) is 0.923. The second-order valence-corrected chi connectivity index (χ2v) is 5.55. The van der Waals surface area contributed by atoms with Crippen LogP contribution in [-0.4, -0.2) is 29.3 Å². The number of aromatic nitrogens is 2. The predicted octanol–water partition coefficient (Wildman–Crippen LogP) is 2.72. The Kier molecular flexibility index (Phi) is 3.85. The lowest BCUT2D eigenvalue weighted by Gasteiger charge is -2.30. The summed E-state index contributed by atoms with van der Waals surface area (Å²) < 4.78 is 0. The number of piperidine rings is 1. The van der Waals surface area contributed by atoms with Crippen LogP contribution >= 0.6 is 11.6 Å². The van der Waals surface area contributed by atoms with E-state index in [2.05, 4.69) is 15.1 Å². The summed E-state index contributed by atoms with van der Waals surface area (Å²) in [6.07, 6.45) is 2.02. The van der Waals surface area contributed by atoms with Crippen LogP contribution in [-0.2, 0) is 0 Å². The average Bonchev–Trinajstić information content (AvgIpc) is 2.48. The Hall–Kier alpha value is -1.65. The highest BCUT2D eigenvalue weighted by Crippen LogP contribution is 2.22. The fourth-order valence-corrected chi connectivity index (χ4v) is 2.61. The highest BCUT2D eigenvalue weighted by molar-refractivity contribution is 6.30. The number of hydrogen-bond donors (Lipinski definition) is 1. The van der Waals surface area contributed by atoms with Crippen LogP contribution in [0.15, 0.2) is 36.4 Å². The largest absolute Gasteiger partial charge is 0.355 e. The van der Waals surface area contributed by atoms with Crippen LogP contribution in [0.1, 0.15) is 12.8 Å². The third-order valence-electron chi connectivity index (χ3n) is 3.63. The highest BCUT2D eigenvalue weighted by Gasteiger charge is 2.17. The van der Waals surface area contributed by atoms with Crippen LogP contribution in [0.5, 0.6) is 0 Å². The summed E-state index contributed by atoms with van der Waals surface area (Å²) in [6, 6.07) is 12.0. The molecule has 1 aromatic carbocycles. The topological polar surface area (TPSA) is 55.0 Å². The third-order valence-corrected chi connectivity index (χ3v) is 3.87. The molecule has 0 radical (unpaired) electrons. The summed E-state index contributed by atoms with van der Waals surface area (Å²) >= 11 is 5.99. The molecule has 0 saturated carbocycles. The number of nitrogens with zero attached hydrogens (tertiary/aromatic N) is 3. The van der Waals surface area contributed by atoms with Crippen LogP contribution in [0.3, 0.4) is 0 Å². The van der Waals surface area contributed by atoms with Gasteiger partial charge in [0.1, 0.15) is 0 Å². The Morgan fingerprint density at radius 3 is 2.55 bits per heavy atom. The van der Waals surface area contributed by atoms with E-state index in [0.29, 0.717) is 11.1 Å². The van der Waals surface area contributed by atoms with Gasteiger partial charge in [-0.15, -0.1) is 10.2 Å². The zero-order chi connectivity index (χ0) is 13.9. The first-order valence-corrected chi connectivity index (χ1v) is 7.20. The molecule has 1 saturated heterocycles. The van der Waals surface area contributed by atoms with Gasteiger partial charge in [0.05, 0.1) is 5.69 Å². The standard InChI is InChI=1S/C15H17ClN4/c16-12-3-1-2-11(10-12)14-4-5-15(19-18-14)20-8-6-13(17)7-9-20/h1-5,10,13H,6-9,17H2. The summed E-state index contributed by atoms with van der Waals surface area (Å²) in [4.78, 5) is 2.23. The maximum atomic E-state index is 5.99. The molecular weight excluding hydrogens is 272 g/mol. The van der Waals surface area contributed by atoms with Crippen LogP contribution in [0.4, 0.5) is 5.82 Å². The van der Waals surface area contributed by atoms with Gasteiger partial charge in [-0.05, 0) is 37.1 Å². The van der Waals surface area contributed by atoms with Gasteiger partial charge in [-0.3, -0.25) is 0 Å². The molecule has 0 spiro atoms. The molecule has 0 bridgehead atoms. The Bertz CT molecular complexity index is 577. The molecule has 3 rings (SSSR count). The first kappa shape index (κ1) is 13.3. The minimum absolute atomic E-state index is 0.324. The van der Waals surface area contributed by atoms with Crippen molar-refractivity contribution >= 4 is 17.4 Å². The Balaban J connectivity index is 1.78. The first-order valence-electron chi connectivity index (χ1n) is 6.82. The van der Waals surface area contributed by atoms with Gasteiger partial charge in [0.2, 0.25) is 0 Å². The lowest BCUT2D eigenvalue weighted by Crippen LogP contribution is -2.40. The van der Waals surface area contributed by atoms with Crippen LogP contribution in [0.25, 0.3) is 11.3 Å². The van der Waals surface area contributed by atoms with Gasteiger partial charge in [-0.2, -0.15) is 0 Å². The van der Waals surface area contributed by atoms with Gasteiger partial charge in [0.25, 0.3) is 0 Å². The molecule has 0 amide bonds. The van der Waals surface area contributed by atoms with Crippen molar-refractivity contribution in [2.75, 3.05) is 18.0 Å². The second-order valence-electron chi connectivity index (χ2n) is 5.11. The number of anilines is 1. The molecule has 0 aliphatic carbocycles. The van der Waals surface area contributed by atoms with Crippen molar-refractivity contribution in [2.45, 2.75) is 18.9 Å². The molecule has 2 aromatic rings. The SMILES string of the molecule is NC1CCN(c2ccc(-c3cccc(Cl)c3)nn2)CC1. The fourth-order valence-electron chi connectivity index (χ4n) is 2.42. The van der Waals surface area contributed by atoms with Crippen molar-refractivity contribution in [2.24, 2.45) is 5.73 Å². The Morgan fingerprint density at radius 1 is 1.10 bits per heavy atom. The van der Waals surface area contributed by atoms with Crippen molar-refractivity contribution in [3.8, 4) is 11.3 Å². The number of halogens is 1. The van der Waals surface area contributed by atoms with Gasteiger partial charge < -0.3 is 10.6 Å². The normalized spacial score (nSPS) is 16.4. The third kappa shape index (κ3) is 2.92. The van der Waals surface area contributed by atoms with Gasteiger partial charge in [-0.1, -0.05) is 23.7 Å². The molecule has 20 heavy (non-hydrogen) atoms. The summed E-state index contributed by atoms with van der Waals surface area (Å²) in [7, 11) is 0. The van der Waals surface area contributed by atoms with Crippen molar-refractivity contribution in [3.05, 3.63) is 41.4 Å². The zero-order valence-corrected chi connectivity index (χ0v) is 11.9. The molecule has 1 aliphatic heterocycles. The summed E-state index contributed by atoms with van der Waals surface area (Å²) in [5, 5.41) is 9.34. The van der Waals surface area contributed by atoms with E-state index in [-0.39, 0.29) is 0 Å². The Labute approximate surface area is 123 Å². The van der Waals surface area contributed by atoms with E-state index in [1.807, 2.05) is 36.4 Å². The maximum absolute atomic E-state index is 5.99. The maximum Gasteiger partial charge on any atom is 0.151 e. The van der Waals surface area contributed by atoms with Crippen LogP contribution in [0.2, 0.25) is 5.02 Å². The van der Waals surface area contributed by atoms with E-state index < -0.39 is 0 Å². The molecule has 0 unspecified atom stereocenters. The molecular formula is C15H17ClN4. The molecule has 0 atom stereocenters. The first-order chi connectivity index (χ1) is 9.72. The number of hydrogen-bond acceptors (Lipinski definition) is 4. The molecule has 1 fully saturated rings. The summed E-state index contributed by atoms with van der Waals surface area (Å²) in [6.45, 7) is 1.90. The minimum Gasteiger partial charge on any atom is -0.355 e. The molecule has 4 nitrogen and oxygen atoms in total. The molecule has 5 heteroatoms. The fraction of sp³-hybridized carbons (Fsp3) is 0.333. The van der Waals surface area contributed by atoms with Crippen LogP contribution < -0.4 is 10.6 Å². The van der Waals surface area contributed by atoms with E-state index in [4.69, 9.17) is 17.3 Å². The molecule has 2 N–H and O–H groups in total. The molecule has 1 aromatic heterocycles. The van der Waals surface area contributed by atoms with Crippen molar-refractivity contribution in [3.63, 3.8) is 0 Å². The van der Waals surface area contributed by atoms with Crippen LogP contribution in [0, 0.1) is 0 Å². The average molecular weight is 289 g/mol. The predicted molar refractivity (Wildman–Crippen MR) is 81.9 cm³/mol. The lowest BCUT2D eigenvalue weighted by molar-refractivity contribution is 0.497. The summed E-state index contributed by atoms with van der Waals surface area (Å²) in [5.74, 6) is 0.919. The monoisotopic (exact) mass is 288 g/mol. The number of benzene rings is 1. The van der Waals surface area contributed by atoms with Gasteiger partial charge in [0.15, 0.2) is 5.82 Å². The zero-order valence-electron chi connectivity index (χ0n) is 11.2. The number of rotatable bonds is 2. The molecule has 104 valence electrons. The van der Waals surface area contributed by atoms with Crippen molar-refractivity contribution in [1.82, 2.24) is 10.2 Å². The lowest BCUT2D eigenvalue weighted by atomic mass is 10.1. The summed E-state index contributed by atoms with van der Waals surface area (Å²) in [5.41, 5.74) is 7.74. The van der Waals surface area contributed by atoms with Crippen molar-refractivity contribution < 1.29 is 0 Å². The van der Waals surface area contributed by atoms with Crippen molar-refractivity contribution in [1.29, 1.82) is 0 Å². The number of nitrogens with two attached hydrogens (primary N) is 1. The van der Waals surface area contributed by atoms with Gasteiger partial charge in [-0.25, -0.2) is 0 Å². The molecule has 2 heterocycles. The minimum atomic E-state index is 0.324. The Morgan fingerprint density at radius 2 is 1.90 bits per heavy atom. The van der Waals surface area contributed by atoms with Gasteiger partial charge >= 0.3 is 0 Å².